The number of carbonyl (C=O) groups is 1. The first-order valence-corrected chi connectivity index (χ1v) is 7.50. The van der Waals surface area contributed by atoms with Crippen molar-refractivity contribution in [2.45, 2.75) is 38.9 Å². The van der Waals surface area contributed by atoms with E-state index in [2.05, 4.69) is 0 Å². The normalized spacial score (nSPS) is 19.6. The van der Waals surface area contributed by atoms with Crippen molar-refractivity contribution >= 4 is 5.91 Å². The van der Waals surface area contributed by atoms with Crippen molar-refractivity contribution in [3.63, 3.8) is 0 Å². The predicted molar refractivity (Wildman–Crippen MR) is 82.2 cm³/mol. The molecule has 1 fully saturated rings. The Morgan fingerprint density at radius 2 is 2.09 bits per heavy atom. The number of carbonyl (C=O) groups excluding carboxylic acids is 1. The Balaban J connectivity index is 2.03. The van der Waals surface area contributed by atoms with Crippen molar-refractivity contribution in [3.8, 4) is 11.8 Å². The van der Waals surface area contributed by atoms with Crippen LogP contribution in [0.5, 0.6) is 5.75 Å². The van der Waals surface area contributed by atoms with Gasteiger partial charge in [0.25, 0.3) is 5.91 Å². The van der Waals surface area contributed by atoms with E-state index in [-0.39, 0.29) is 11.8 Å². The van der Waals surface area contributed by atoms with Gasteiger partial charge < -0.3 is 14.7 Å². The maximum atomic E-state index is 12.6. The van der Waals surface area contributed by atoms with Gasteiger partial charge in [-0.15, -0.1) is 0 Å². The number of benzene rings is 1. The van der Waals surface area contributed by atoms with Crippen LogP contribution in [0.15, 0.2) is 24.3 Å². The fraction of sp³-hybridized carbons (Fsp3) is 0.529. The summed E-state index contributed by atoms with van der Waals surface area (Å²) in [5.74, 6) is 0.610. The Kier molecular flexibility index (Phi) is 4.72. The van der Waals surface area contributed by atoms with Crippen LogP contribution in [0.2, 0.25) is 0 Å². The average Bonchev–Trinajstić information content (AvgIpc) is 2.96. The van der Waals surface area contributed by atoms with E-state index in [1.807, 2.05) is 6.07 Å². The van der Waals surface area contributed by atoms with Gasteiger partial charge in [-0.1, -0.05) is 0 Å². The Labute approximate surface area is 131 Å². The van der Waals surface area contributed by atoms with Crippen molar-refractivity contribution in [2.24, 2.45) is 5.92 Å². The zero-order valence-electron chi connectivity index (χ0n) is 13.2. The summed E-state index contributed by atoms with van der Waals surface area (Å²) in [5.41, 5.74) is -0.433. The first kappa shape index (κ1) is 16.3. The predicted octanol–water partition coefficient (Wildman–Crippen LogP) is 1.94. The van der Waals surface area contributed by atoms with Gasteiger partial charge in [0, 0.05) is 19.0 Å². The van der Waals surface area contributed by atoms with E-state index in [4.69, 9.17) is 10.00 Å². The molecule has 2 rings (SSSR count). The smallest absolute Gasteiger partial charge is 0.266 e. The van der Waals surface area contributed by atoms with E-state index >= 15 is 0 Å². The van der Waals surface area contributed by atoms with Gasteiger partial charge in [-0.05, 0) is 51.5 Å². The van der Waals surface area contributed by atoms with Gasteiger partial charge in [0.05, 0.1) is 17.7 Å². The highest BCUT2D eigenvalue weighted by Crippen LogP contribution is 2.25. The molecular weight excluding hydrogens is 280 g/mol. The van der Waals surface area contributed by atoms with Gasteiger partial charge in [0.1, 0.15) is 5.75 Å². The van der Waals surface area contributed by atoms with Crippen LogP contribution in [0.3, 0.4) is 0 Å². The van der Waals surface area contributed by atoms with Crippen LogP contribution < -0.4 is 4.74 Å². The molecule has 5 nitrogen and oxygen atoms in total. The zero-order chi connectivity index (χ0) is 16.3. The highest BCUT2D eigenvalue weighted by molar-refractivity contribution is 5.85. The number of nitrogens with zero attached hydrogens (tertiary/aromatic N) is 2. The summed E-state index contributed by atoms with van der Waals surface area (Å²) in [6.45, 7) is 6.45. The van der Waals surface area contributed by atoms with E-state index in [0.717, 1.165) is 6.42 Å². The minimum atomic E-state index is -0.984. The van der Waals surface area contributed by atoms with E-state index in [1.54, 1.807) is 49.9 Å². The minimum Gasteiger partial charge on any atom is -0.478 e. The molecule has 1 saturated heterocycles. The zero-order valence-corrected chi connectivity index (χ0v) is 13.2. The Morgan fingerprint density at radius 1 is 1.45 bits per heavy atom. The number of likely N-dealkylation sites (tertiary alicyclic amines) is 1. The van der Waals surface area contributed by atoms with Crippen molar-refractivity contribution < 1.29 is 14.6 Å². The highest BCUT2D eigenvalue weighted by Gasteiger charge is 2.38. The second-order valence-electron chi connectivity index (χ2n) is 6.29. The fourth-order valence-electron chi connectivity index (χ4n) is 2.68. The molecule has 5 heteroatoms. The summed E-state index contributed by atoms with van der Waals surface area (Å²) in [7, 11) is 0. The number of hydrogen-bond donors (Lipinski definition) is 1. The molecule has 1 heterocycles. The molecule has 0 aromatic heterocycles. The molecule has 1 amide bonds. The van der Waals surface area contributed by atoms with Crippen molar-refractivity contribution in [1.82, 2.24) is 4.90 Å². The molecule has 22 heavy (non-hydrogen) atoms. The topological polar surface area (TPSA) is 73.6 Å². The Hall–Kier alpha value is -2.06. The van der Waals surface area contributed by atoms with Crippen LogP contribution in [0, 0.1) is 17.2 Å². The van der Waals surface area contributed by atoms with Crippen molar-refractivity contribution in [3.05, 3.63) is 29.8 Å². The number of rotatable bonds is 4. The maximum absolute atomic E-state index is 12.6. The second kappa shape index (κ2) is 6.37. The lowest BCUT2D eigenvalue weighted by atomic mass is 10.0. The quantitative estimate of drug-likeness (QED) is 0.922. The first-order valence-electron chi connectivity index (χ1n) is 7.50. The molecule has 0 bridgehead atoms. The molecule has 1 aromatic rings. The van der Waals surface area contributed by atoms with Gasteiger partial charge >= 0.3 is 0 Å². The largest absolute Gasteiger partial charge is 0.478 e. The van der Waals surface area contributed by atoms with Gasteiger partial charge in [-0.25, -0.2) is 0 Å². The van der Waals surface area contributed by atoms with Gasteiger partial charge in [-0.3, -0.25) is 4.79 Å². The van der Waals surface area contributed by atoms with Crippen molar-refractivity contribution in [1.29, 1.82) is 5.26 Å². The molecule has 2 atom stereocenters. The van der Waals surface area contributed by atoms with E-state index < -0.39 is 11.7 Å². The lowest BCUT2D eigenvalue weighted by molar-refractivity contribution is -0.144. The lowest BCUT2D eigenvalue weighted by Gasteiger charge is -2.30. The van der Waals surface area contributed by atoms with Crippen LogP contribution in [-0.4, -0.2) is 40.7 Å². The molecular formula is C17H22N2O3. The third-order valence-corrected chi connectivity index (χ3v) is 4.07. The van der Waals surface area contributed by atoms with E-state index in [9.17, 15) is 9.90 Å². The van der Waals surface area contributed by atoms with Crippen LogP contribution in [0.4, 0.5) is 0 Å². The molecule has 1 aliphatic heterocycles. The summed E-state index contributed by atoms with van der Waals surface area (Å²) < 4.78 is 5.81. The number of nitriles is 1. The van der Waals surface area contributed by atoms with Crippen LogP contribution >= 0.6 is 0 Å². The maximum Gasteiger partial charge on any atom is 0.266 e. The highest BCUT2D eigenvalue weighted by atomic mass is 16.5. The molecule has 1 aliphatic rings. The van der Waals surface area contributed by atoms with Crippen molar-refractivity contribution in [2.75, 3.05) is 13.1 Å². The standard InChI is InChI=1S/C17H22N2O3/c1-12(20)14-8-9-19(11-14)16(21)17(2,3)22-15-6-4-13(10-18)5-7-15/h4-7,12,14,20H,8-9,11H2,1-3H3. The summed E-state index contributed by atoms with van der Waals surface area (Å²) >= 11 is 0. The minimum absolute atomic E-state index is 0.0833. The Morgan fingerprint density at radius 3 is 2.59 bits per heavy atom. The first-order chi connectivity index (χ1) is 10.3. The second-order valence-corrected chi connectivity index (χ2v) is 6.29. The number of aliphatic hydroxyl groups is 1. The number of ether oxygens (including phenoxy) is 1. The SMILES string of the molecule is CC(O)C1CCN(C(=O)C(C)(C)Oc2ccc(C#N)cc2)C1. The molecule has 0 saturated carbocycles. The van der Waals surface area contributed by atoms with E-state index in [0.29, 0.717) is 24.4 Å². The molecule has 1 N–H and O–H groups in total. The monoisotopic (exact) mass is 302 g/mol. The third-order valence-electron chi connectivity index (χ3n) is 4.07. The Bertz CT molecular complexity index is 573. The van der Waals surface area contributed by atoms with E-state index in [1.165, 1.54) is 0 Å². The van der Waals surface area contributed by atoms with Crippen LogP contribution in [-0.2, 0) is 4.79 Å². The molecule has 1 aromatic carbocycles. The molecule has 2 unspecified atom stereocenters. The van der Waals surface area contributed by atoms with Gasteiger partial charge in [0.15, 0.2) is 5.60 Å². The summed E-state index contributed by atoms with van der Waals surface area (Å²) in [4.78, 5) is 14.4. The summed E-state index contributed by atoms with van der Waals surface area (Å²) in [6.07, 6.45) is 0.413. The van der Waals surface area contributed by atoms with Crippen LogP contribution in [0.25, 0.3) is 0 Å². The molecule has 0 radical (unpaired) electrons. The number of hydrogen-bond acceptors (Lipinski definition) is 4. The molecule has 0 aliphatic carbocycles. The number of amides is 1. The lowest BCUT2D eigenvalue weighted by Crippen LogP contribution is -2.48. The summed E-state index contributed by atoms with van der Waals surface area (Å²) in [5, 5.41) is 18.4. The fourth-order valence-corrected chi connectivity index (χ4v) is 2.68. The van der Waals surface area contributed by atoms with Crippen LogP contribution in [0.1, 0.15) is 32.8 Å². The number of aliphatic hydroxyl groups excluding tert-OH is 1. The van der Waals surface area contributed by atoms with Gasteiger partial charge in [-0.2, -0.15) is 5.26 Å². The van der Waals surface area contributed by atoms with Gasteiger partial charge in [0.2, 0.25) is 0 Å². The molecule has 118 valence electrons. The third kappa shape index (κ3) is 3.58. The summed E-state index contributed by atoms with van der Waals surface area (Å²) in [6, 6.07) is 8.75. The molecule has 0 spiro atoms. The average molecular weight is 302 g/mol.